The largest absolute Gasteiger partial charge is 0.480 e. The van der Waals surface area contributed by atoms with Gasteiger partial charge in [-0.15, -0.1) is 10.2 Å². The number of aromatic nitrogens is 4. The summed E-state index contributed by atoms with van der Waals surface area (Å²) in [6, 6.07) is 6.05. The zero-order valence-corrected chi connectivity index (χ0v) is 8.75. The number of carboxylic acids is 1. The van der Waals surface area contributed by atoms with Crippen molar-refractivity contribution in [2.45, 2.75) is 13.0 Å². The van der Waals surface area contributed by atoms with Crippen molar-refractivity contribution in [3.63, 3.8) is 0 Å². The molecule has 0 aliphatic carbocycles. The average molecular weight is 236 g/mol. The lowest BCUT2D eigenvalue weighted by Gasteiger charge is -1.96. The fraction of sp³-hybridized carbons (Fsp3) is 0.200. The number of tetrazole rings is 1. The van der Waals surface area contributed by atoms with Crippen LogP contribution in [0.2, 0.25) is 0 Å². The van der Waals surface area contributed by atoms with Crippen molar-refractivity contribution < 1.29 is 14.3 Å². The molecular weight excluding hydrogens is 227 g/mol. The molecule has 0 atom stereocenters. The molecule has 0 amide bonds. The van der Waals surface area contributed by atoms with Crippen LogP contribution in [-0.2, 0) is 17.8 Å². The molecule has 2 rings (SSSR count). The third kappa shape index (κ3) is 3.07. The molecule has 0 aliphatic heterocycles. The van der Waals surface area contributed by atoms with Gasteiger partial charge in [0.05, 0.1) is 0 Å². The minimum Gasteiger partial charge on any atom is -0.480 e. The van der Waals surface area contributed by atoms with Gasteiger partial charge in [-0.25, -0.2) is 4.39 Å². The predicted molar refractivity (Wildman–Crippen MR) is 54.7 cm³/mol. The second-order valence-electron chi connectivity index (χ2n) is 3.44. The van der Waals surface area contributed by atoms with Gasteiger partial charge in [0.2, 0.25) is 0 Å². The van der Waals surface area contributed by atoms with Crippen LogP contribution in [0.4, 0.5) is 4.39 Å². The molecule has 1 heterocycles. The summed E-state index contributed by atoms with van der Waals surface area (Å²) in [6.45, 7) is -0.337. The summed E-state index contributed by atoms with van der Waals surface area (Å²) in [5, 5.41) is 19.7. The molecule has 0 aliphatic rings. The maximum atomic E-state index is 12.9. The zero-order chi connectivity index (χ0) is 12.3. The van der Waals surface area contributed by atoms with Gasteiger partial charge in [0, 0.05) is 6.42 Å². The van der Waals surface area contributed by atoms with Gasteiger partial charge in [-0.3, -0.25) is 4.79 Å². The molecule has 6 nitrogen and oxygen atoms in total. The number of carboxylic acid groups (broad SMARTS) is 1. The van der Waals surface area contributed by atoms with Gasteiger partial charge in [0.25, 0.3) is 0 Å². The molecule has 7 heteroatoms. The van der Waals surface area contributed by atoms with E-state index >= 15 is 0 Å². The summed E-state index contributed by atoms with van der Waals surface area (Å²) in [6.07, 6.45) is 0.317. The molecule has 0 spiro atoms. The first kappa shape index (κ1) is 11.2. The van der Waals surface area contributed by atoms with E-state index < -0.39 is 5.97 Å². The second kappa shape index (κ2) is 4.69. The maximum Gasteiger partial charge on any atom is 0.327 e. The smallest absolute Gasteiger partial charge is 0.327 e. The molecule has 1 aromatic carbocycles. The molecule has 0 saturated heterocycles. The average Bonchev–Trinajstić information content (AvgIpc) is 2.64. The van der Waals surface area contributed by atoms with Crippen LogP contribution >= 0.6 is 0 Å². The zero-order valence-electron chi connectivity index (χ0n) is 8.75. The van der Waals surface area contributed by atoms with E-state index in [9.17, 15) is 9.18 Å². The molecule has 88 valence electrons. The number of rotatable bonds is 4. The van der Waals surface area contributed by atoms with Crippen molar-refractivity contribution in [2.75, 3.05) is 0 Å². The quantitative estimate of drug-likeness (QED) is 0.835. The Morgan fingerprint density at radius 3 is 3.00 bits per heavy atom. The van der Waals surface area contributed by atoms with E-state index in [1.165, 1.54) is 12.1 Å². The molecule has 0 unspecified atom stereocenters. The monoisotopic (exact) mass is 236 g/mol. The van der Waals surface area contributed by atoms with E-state index in [1.807, 2.05) is 0 Å². The van der Waals surface area contributed by atoms with E-state index in [4.69, 9.17) is 5.11 Å². The number of carbonyl (C=O) groups is 1. The summed E-state index contributed by atoms with van der Waals surface area (Å²) < 4.78 is 12.9. The normalized spacial score (nSPS) is 10.4. The highest BCUT2D eigenvalue weighted by Gasteiger charge is 2.07. The number of hydrogen-bond donors (Lipinski definition) is 1. The summed E-state index contributed by atoms with van der Waals surface area (Å²) in [7, 11) is 0. The summed E-state index contributed by atoms with van der Waals surface area (Å²) in [5.41, 5.74) is 0.708. The van der Waals surface area contributed by atoms with Gasteiger partial charge >= 0.3 is 5.97 Å². The Hall–Kier alpha value is -2.31. The van der Waals surface area contributed by atoms with Gasteiger partial charge in [-0.05, 0) is 22.9 Å². The van der Waals surface area contributed by atoms with Crippen molar-refractivity contribution in [3.8, 4) is 0 Å². The third-order valence-corrected chi connectivity index (χ3v) is 2.02. The molecule has 1 N–H and O–H groups in total. The van der Waals surface area contributed by atoms with Crippen LogP contribution < -0.4 is 0 Å². The van der Waals surface area contributed by atoms with E-state index in [-0.39, 0.29) is 12.4 Å². The highest BCUT2D eigenvalue weighted by molar-refractivity contribution is 5.66. The molecule has 0 fully saturated rings. The van der Waals surface area contributed by atoms with Gasteiger partial charge < -0.3 is 5.11 Å². The minimum absolute atomic E-state index is 0.317. The Morgan fingerprint density at radius 1 is 1.47 bits per heavy atom. The molecule has 17 heavy (non-hydrogen) atoms. The Kier molecular flexibility index (Phi) is 3.08. The van der Waals surface area contributed by atoms with Crippen molar-refractivity contribution >= 4 is 5.97 Å². The van der Waals surface area contributed by atoms with Crippen LogP contribution in [-0.4, -0.2) is 31.3 Å². The number of hydrogen-bond acceptors (Lipinski definition) is 4. The third-order valence-electron chi connectivity index (χ3n) is 2.02. The Balaban J connectivity index is 2.08. The number of benzene rings is 1. The van der Waals surface area contributed by atoms with Gasteiger partial charge in [0.1, 0.15) is 5.82 Å². The van der Waals surface area contributed by atoms with Crippen LogP contribution in [0.25, 0.3) is 0 Å². The highest BCUT2D eigenvalue weighted by Crippen LogP contribution is 2.06. The number of halogens is 1. The number of nitrogens with zero attached hydrogens (tertiary/aromatic N) is 4. The molecular formula is C10H9FN4O2. The van der Waals surface area contributed by atoms with E-state index in [0.717, 1.165) is 4.80 Å². The van der Waals surface area contributed by atoms with E-state index in [1.54, 1.807) is 12.1 Å². The van der Waals surface area contributed by atoms with Crippen molar-refractivity contribution in [3.05, 3.63) is 41.5 Å². The van der Waals surface area contributed by atoms with Gasteiger partial charge in [0.15, 0.2) is 12.4 Å². The van der Waals surface area contributed by atoms with Crippen LogP contribution in [0.15, 0.2) is 24.3 Å². The summed E-state index contributed by atoms with van der Waals surface area (Å²) >= 11 is 0. The van der Waals surface area contributed by atoms with Crippen molar-refractivity contribution in [1.29, 1.82) is 0 Å². The summed E-state index contributed by atoms with van der Waals surface area (Å²) in [5.74, 6) is -1.02. The standard InChI is InChI=1S/C10H9FN4O2/c11-8-3-1-2-7(4-8)5-9-12-14-15(13-9)6-10(16)17/h1-4H,5-6H2,(H,16,17). The van der Waals surface area contributed by atoms with E-state index in [0.29, 0.717) is 17.8 Å². The van der Waals surface area contributed by atoms with Crippen LogP contribution in [0, 0.1) is 5.82 Å². The minimum atomic E-state index is -1.04. The molecule has 1 aromatic heterocycles. The Labute approximate surface area is 95.7 Å². The molecule has 0 bridgehead atoms. The predicted octanol–water partition coefficient (Wildman–Crippen LogP) is 0.488. The molecule has 0 saturated carbocycles. The molecule has 0 radical (unpaired) electrons. The van der Waals surface area contributed by atoms with Crippen LogP contribution in [0.1, 0.15) is 11.4 Å². The SMILES string of the molecule is O=C(O)Cn1nnc(Cc2cccc(F)c2)n1. The lowest BCUT2D eigenvalue weighted by molar-refractivity contribution is -0.138. The topological polar surface area (TPSA) is 80.9 Å². The van der Waals surface area contributed by atoms with E-state index in [2.05, 4.69) is 15.4 Å². The van der Waals surface area contributed by atoms with Crippen molar-refractivity contribution in [2.24, 2.45) is 0 Å². The van der Waals surface area contributed by atoms with Gasteiger partial charge in [-0.2, -0.15) is 4.80 Å². The second-order valence-corrected chi connectivity index (χ2v) is 3.44. The summed E-state index contributed by atoms with van der Waals surface area (Å²) in [4.78, 5) is 11.4. The van der Waals surface area contributed by atoms with Gasteiger partial charge in [-0.1, -0.05) is 12.1 Å². The molecule has 2 aromatic rings. The highest BCUT2D eigenvalue weighted by atomic mass is 19.1. The first-order chi connectivity index (χ1) is 8.13. The lowest BCUT2D eigenvalue weighted by atomic mass is 10.1. The maximum absolute atomic E-state index is 12.9. The lowest BCUT2D eigenvalue weighted by Crippen LogP contribution is -2.11. The van der Waals surface area contributed by atoms with Crippen molar-refractivity contribution in [1.82, 2.24) is 20.2 Å². The van der Waals surface area contributed by atoms with Crippen LogP contribution in [0.5, 0.6) is 0 Å². The first-order valence-electron chi connectivity index (χ1n) is 4.86. The number of aliphatic carboxylic acids is 1. The first-order valence-corrected chi connectivity index (χ1v) is 4.86. The Morgan fingerprint density at radius 2 is 2.29 bits per heavy atom. The Bertz CT molecular complexity index is 541. The van der Waals surface area contributed by atoms with Crippen LogP contribution in [0.3, 0.4) is 0 Å². The fourth-order valence-electron chi connectivity index (χ4n) is 1.36. The fourth-order valence-corrected chi connectivity index (χ4v) is 1.36.